The first-order valence-electron chi connectivity index (χ1n) is 7.31. The molecule has 2 aromatic heterocycles. The van der Waals surface area contributed by atoms with Crippen molar-refractivity contribution in [3.05, 3.63) is 53.9 Å². The second kappa shape index (κ2) is 6.43. The number of rotatable bonds is 5. The van der Waals surface area contributed by atoms with Crippen LogP contribution < -0.4 is 0 Å². The van der Waals surface area contributed by atoms with Gasteiger partial charge in [0.2, 0.25) is 0 Å². The summed E-state index contributed by atoms with van der Waals surface area (Å²) in [4.78, 5) is 11.6. The van der Waals surface area contributed by atoms with Gasteiger partial charge in [-0.15, -0.1) is 5.10 Å². The van der Waals surface area contributed by atoms with E-state index in [1.807, 2.05) is 36.0 Å². The average Bonchev–Trinajstić information content (AvgIpc) is 3.22. The average molecular weight is 311 g/mol. The van der Waals surface area contributed by atoms with E-state index in [1.165, 1.54) is 7.11 Å². The molecule has 3 rings (SSSR count). The fourth-order valence-electron chi connectivity index (χ4n) is 2.40. The standard InChI is InChI=1S/C16H17N5O2/c1-3-21-15(7-8-17-21)14-11-20(19-18-14)10-12-5-4-6-13(9-12)16(22)23-2/h4-9,11H,3,10H2,1-2H3. The van der Waals surface area contributed by atoms with Gasteiger partial charge in [-0.1, -0.05) is 17.3 Å². The topological polar surface area (TPSA) is 74.8 Å². The Kier molecular flexibility index (Phi) is 4.18. The summed E-state index contributed by atoms with van der Waals surface area (Å²) in [5.74, 6) is -0.349. The van der Waals surface area contributed by atoms with E-state index in [-0.39, 0.29) is 5.97 Å². The van der Waals surface area contributed by atoms with Crippen molar-refractivity contribution in [3.8, 4) is 11.4 Å². The van der Waals surface area contributed by atoms with Gasteiger partial charge in [0.15, 0.2) is 0 Å². The number of benzene rings is 1. The Labute approximate surface area is 133 Å². The summed E-state index contributed by atoms with van der Waals surface area (Å²) >= 11 is 0. The molecular formula is C16H17N5O2. The van der Waals surface area contributed by atoms with Crippen LogP contribution in [-0.4, -0.2) is 37.9 Å². The van der Waals surface area contributed by atoms with Crippen molar-refractivity contribution in [2.75, 3.05) is 7.11 Å². The van der Waals surface area contributed by atoms with Gasteiger partial charge in [0.1, 0.15) is 5.69 Å². The lowest BCUT2D eigenvalue weighted by atomic mass is 10.1. The van der Waals surface area contributed by atoms with Crippen LogP contribution >= 0.6 is 0 Å². The third-order valence-corrected chi connectivity index (χ3v) is 3.51. The summed E-state index contributed by atoms with van der Waals surface area (Å²) < 4.78 is 8.34. The van der Waals surface area contributed by atoms with E-state index in [1.54, 1.807) is 23.0 Å². The largest absolute Gasteiger partial charge is 0.465 e. The van der Waals surface area contributed by atoms with Crippen LogP contribution in [0.1, 0.15) is 22.8 Å². The monoisotopic (exact) mass is 311 g/mol. The molecule has 0 bridgehead atoms. The smallest absolute Gasteiger partial charge is 0.337 e. The molecule has 0 N–H and O–H groups in total. The molecule has 7 nitrogen and oxygen atoms in total. The van der Waals surface area contributed by atoms with Gasteiger partial charge < -0.3 is 4.74 Å². The molecule has 23 heavy (non-hydrogen) atoms. The van der Waals surface area contributed by atoms with Crippen LogP contribution in [0.2, 0.25) is 0 Å². The molecule has 0 unspecified atom stereocenters. The molecule has 0 atom stereocenters. The summed E-state index contributed by atoms with van der Waals surface area (Å²) in [6.45, 7) is 3.33. The molecule has 1 aromatic carbocycles. The molecule has 3 aromatic rings. The van der Waals surface area contributed by atoms with E-state index in [2.05, 4.69) is 15.4 Å². The maximum absolute atomic E-state index is 11.6. The molecule has 0 aliphatic heterocycles. The minimum Gasteiger partial charge on any atom is -0.465 e. The van der Waals surface area contributed by atoms with E-state index in [0.717, 1.165) is 23.5 Å². The molecule has 0 amide bonds. The fourth-order valence-corrected chi connectivity index (χ4v) is 2.40. The number of nitrogens with zero attached hydrogens (tertiary/aromatic N) is 5. The summed E-state index contributed by atoms with van der Waals surface area (Å²) in [5, 5.41) is 12.6. The van der Waals surface area contributed by atoms with E-state index in [4.69, 9.17) is 4.74 Å². The highest BCUT2D eigenvalue weighted by atomic mass is 16.5. The maximum Gasteiger partial charge on any atom is 0.337 e. The van der Waals surface area contributed by atoms with Crippen molar-refractivity contribution < 1.29 is 9.53 Å². The number of carbonyl (C=O) groups excluding carboxylic acids is 1. The first-order chi connectivity index (χ1) is 11.2. The Morgan fingerprint density at radius 3 is 2.96 bits per heavy atom. The normalized spacial score (nSPS) is 10.7. The van der Waals surface area contributed by atoms with E-state index in [0.29, 0.717) is 12.1 Å². The van der Waals surface area contributed by atoms with E-state index in [9.17, 15) is 4.79 Å². The summed E-state index contributed by atoms with van der Waals surface area (Å²) in [6.07, 6.45) is 3.62. The second-order valence-electron chi connectivity index (χ2n) is 5.03. The van der Waals surface area contributed by atoms with Crippen LogP contribution in [0.15, 0.2) is 42.7 Å². The molecule has 0 spiro atoms. The number of hydrogen-bond acceptors (Lipinski definition) is 5. The van der Waals surface area contributed by atoms with Crippen LogP contribution in [0, 0.1) is 0 Å². The fraction of sp³-hybridized carbons (Fsp3) is 0.250. The minimum absolute atomic E-state index is 0.349. The highest BCUT2D eigenvalue weighted by Crippen LogP contribution is 2.16. The summed E-state index contributed by atoms with van der Waals surface area (Å²) in [7, 11) is 1.37. The van der Waals surface area contributed by atoms with Gasteiger partial charge in [0.25, 0.3) is 0 Å². The number of aromatic nitrogens is 5. The quantitative estimate of drug-likeness (QED) is 0.674. The van der Waals surface area contributed by atoms with Gasteiger partial charge in [-0.25, -0.2) is 9.48 Å². The summed E-state index contributed by atoms with van der Waals surface area (Å²) in [6, 6.07) is 9.19. The molecule has 2 heterocycles. The Morgan fingerprint density at radius 1 is 1.30 bits per heavy atom. The Hall–Kier alpha value is -2.96. The highest BCUT2D eigenvalue weighted by molar-refractivity contribution is 5.89. The van der Waals surface area contributed by atoms with Gasteiger partial charge in [-0.3, -0.25) is 4.68 Å². The van der Waals surface area contributed by atoms with Crippen molar-refractivity contribution in [1.29, 1.82) is 0 Å². The Balaban J connectivity index is 1.81. The number of hydrogen-bond donors (Lipinski definition) is 0. The number of esters is 1. The van der Waals surface area contributed by atoms with Crippen molar-refractivity contribution in [1.82, 2.24) is 24.8 Å². The van der Waals surface area contributed by atoms with Gasteiger partial charge in [0.05, 0.1) is 31.1 Å². The molecule has 0 aliphatic rings. The molecule has 0 fully saturated rings. The van der Waals surface area contributed by atoms with Gasteiger partial charge >= 0.3 is 5.97 Å². The van der Waals surface area contributed by atoms with Crippen molar-refractivity contribution in [2.45, 2.75) is 20.0 Å². The molecule has 0 saturated carbocycles. The van der Waals surface area contributed by atoms with Crippen molar-refractivity contribution >= 4 is 5.97 Å². The predicted octanol–water partition coefficient (Wildman–Crippen LogP) is 2.00. The van der Waals surface area contributed by atoms with Gasteiger partial charge in [-0.2, -0.15) is 5.10 Å². The summed E-state index contributed by atoms with van der Waals surface area (Å²) in [5.41, 5.74) is 3.18. The maximum atomic E-state index is 11.6. The number of carbonyl (C=O) groups is 1. The number of ether oxygens (including phenoxy) is 1. The number of methoxy groups -OCH3 is 1. The van der Waals surface area contributed by atoms with E-state index >= 15 is 0 Å². The van der Waals surface area contributed by atoms with E-state index < -0.39 is 0 Å². The lowest BCUT2D eigenvalue weighted by Crippen LogP contribution is -2.04. The number of aryl methyl sites for hydroxylation is 1. The first kappa shape index (κ1) is 15.0. The van der Waals surface area contributed by atoms with Crippen molar-refractivity contribution in [3.63, 3.8) is 0 Å². The lowest BCUT2D eigenvalue weighted by molar-refractivity contribution is 0.0600. The lowest BCUT2D eigenvalue weighted by Gasteiger charge is -2.04. The molecule has 0 saturated heterocycles. The molecular weight excluding hydrogens is 294 g/mol. The van der Waals surface area contributed by atoms with Crippen molar-refractivity contribution in [2.24, 2.45) is 0 Å². The van der Waals surface area contributed by atoms with Crippen LogP contribution in [0.4, 0.5) is 0 Å². The highest BCUT2D eigenvalue weighted by Gasteiger charge is 2.10. The zero-order chi connectivity index (χ0) is 16.2. The second-order valence-corrected chi connectivity index (χ2v) is 5.03. The molecule has 0 aliphatic carbocycles. The molecule has 7 heteroatoms. The molecule has 118 valence electrons. The third-order valence-electron chi connectivity index (χ3n) is 3.51. The molecule has 0 radical (unpaired) electrons. The van der Waals surface area contributed by atoms with Crippen LogP contribution in [0.25, 0.3) is 11.4 Å². The third kappa shape index (κ3) is 3.13. The van der Waals surface area contributed by atoms with Gasteiger partial charge in [0, 0.05) is 12.7 Å². The first-order valence-corrected chi connectivity index (χ1v) is 7.31. The Morgan fingerprint density at radius 2 is 2.17 bits per heavy atom. The predicted molar refractivity (Wildman–Crippen MR) is 83.8 cm³/mol. The SMILES string of the molecule is CCn1nccc1-c1cn(Cc2cccc(C(=O)OC)c2)nn1. The van der Waals surface area contributed by atoms with Crippen LogP contribution in [-0.2, 0) is 17.8 Å². The van der Waals surface area contributed by atoms with Gasteiger partial charge in [-0.05, 0) is 30.7 Å². The Bertz CT molecular complexity index is 821. The zero-order valence-corrected chi connectivity index (χ0v) is 13.0. The van der Waals surface area contributed by atoms with Crippen LogP contribution in [0.5, 0.6) is 0 Å². The van der Waals surface area contributed by atoms with Crippen LogP contribution in [0.3, 0.4) is 0 Å². The zero-order valence-electron chi connectivity index (χ0n) is 13.0. The minimum atomic E-state index is -0.349.